The third-order valence-electron chi connectivity index (χ3n) is 2.48. The molecule has 0 aromatic carbocycles. The molecule has 0 bridgehead atoms. The number of hydrogen-bond donors (Lipinski definition) is 4. The van der Waals surface area contributed by atoms with Gasteiger partial charge in [0, 0.05) is 6.54 Å². The molecule has 1 amide bonds. The van der Waals surface area contributed by atoms with Gasteiger partial charge >= 0.3 is 5.97 Å². The van der Waals surface area contributed by atoms with Gasteiger partial charge in [-0.05, 0) is 31.8 Å². The van der Waals surface area contributed by atoms with Crippen molar-refractivity contribution in [3.05, 3.63) is 12.7 Å². The van der Waals surface area contributed by atoms with Crippen molar-refractivity contribution in [1.82, 2.24) is 10.6 Å². The standard InChI is InChI=1S/C12H22N2O4/c1-3-10(15)13-8-6-5-7-9(12(17)18)14-11(16)4-2/h3,9,11,14,16H,1,4-8H2,2H3,(H,13,15)(H,17,18). The van der Waals surface area contributed by atoms with Crippen LogP contribution in [-0.2, 0) is 9.59 Å². The zero-order chi connectivity index (χ0) is 14.0. The minimum absolute atomic E-state index is 0.232. The zero-order valence-electron chi connectivity index (χ0n) is 10.7. The molecule has 18 heavy (non-hydrogen) atoms. The molecule has 4 N–H and O–H groups in total. The largest absolute Gasteiger partial charge is 0.480 e. The van der Waals surface area contributed by atoms with Gasteiger partial charge in [0.2, 0.25) is 5.91 Å². The summed E-state index contributed by atoms with van der Waals surface area (Å²) < 4.78 is 0. The van der Waals surface area contributed by atoms with Crippen LogP contribution in [0.1, 0.15) is 32.6 Å². The fourth-order valence-corrected chi connectivity index (χ4v) is 1.39. The molecule has 104 valence electrons. The Labute approximate surface area is 107 Å². The van der Waals surface area contributed by atoms with Gasteiger partial charge in [0.15, 0.2) is 0 Å². The molecule has 6 nitrogen and oxygen atoms in total. The van der Waals surface area contributed by atoms with E-state index in [0.717, 1.165) is 0 Å². The number of nitrogens with one attached hydrogen (secondary N) is 2. The lowest BCUT2D eigenvalue weighted by Gasteiger charge is -2.18. The predicted molar refractivity (Wildman–Crippen MR) is 67.9 cm³/mol. The van der Waals surface area contributed by atoms with Crippen LogP contribution in [0.25, 0.3) is 0 Å². The molecule has 0 aromatic heterocycles. The second-order valence-electron chi connectivity index (χ2n) is 3.97. The maximum atomic E-state index is 10.9. The minimum atomic E-state index is -0.974. The number of hydrogen-bond acceptors (Lipinski definition) is 4. The number of amides is 1. The monoisotopic (exact) mass is 258 g/mol. The molecule has 6 heteroatoms. The smallest absolute Gasteiger partial charge is 0.320 e. The van der Waals surface area contributed by atoms with Gasteiger partial charge < -0.3 is 15.5 Å². The summed E-state index contributed by atoms with van der Waals surface area (Å²) in [4.78, 5) is 21.7. The lowest BCUT2D eigenvalue weighted by Crippen LogP contribution is -2.43. The van der Waals surface area contributed by atoms with Crippen molar-refractivity contribution in [2.24, 2.45) is 0 Å². The van der Waals surface area contributed by atoms with Gasteiger partial charge in [-0.1, -0.05) is 13.5 Å². The first-order valence-corrected chi connectivity index (χ1v) is 6.08. The SMILES string of the molecule is C=CC(=O)NCCCCC(NC(O)CC)C(=O)O. The Morgan fingerprint density at radius 2 is 2.06 bits per heavy atom. The Kier molecular flexibility index (Phi) is 8.86. The van der Waals surface area contributed by atoms with E-state index in [9.17, 15) is 14.7 Å². The second-order valence-corrected chi connectivity index (χ2v) is 3.97. The van der Waals surface area contributed by atoms with E-state index < -0.39 is 18.2 Å². The maximum absolute atomic E-state index is 10.9. The fourth-order valence-electron chi connectivity index (χ4n) is 1.39. The van der Waals surface area contributed by atoms with Gasteiger partial charge in [-0.15, -0.1) is 0 Å². The fraction of sp³-hybridized carbons (Fsp3) is 0.667. The highest BCUT2D eigenvalue weighted by Crippen LogP contribution is 2.02. The molecular weight excluding hydrogens is 236 g/mol. The summed E-state index contributed by atoms with van der Waals surface area (Å²) >= 11 is 0. The third kappa shape index (κ3) is 7.81. The molecule has 0 saturated heterocycles. The predicted octanol–water partition coefficient (Wildman–Crippen LogP) is 0.230. The molecule has 0 aliphatic rings. The van der Waals surface area contributed by atoms with Crippen LogP contribution in [0.15, 0.2) is 12.7 Å². The van der Waals surface area contributed by atoms with Crippen LogP contribution in [-0.4, -0.2) is 40.9 Å². The molecule has 0 rings (SSSR count). The first kappa shape index (κ1) is 16.6. The highest BCUT2D eigenvalue weighted by atomic mass is 16.4. The highest BCUT2D eigenvalue weighted by molar-refractivity contribution is 5.86. The van der Waals surface area contributed by atoms with E-state index in [1.807, 2.05) is 0 Å². The number of rotatable bonds is 10. The molecule has 2 atom stereocenters. The van der Waals surface area contributed by atoms with E-state index in [0.29, 0.717) is 32.2 Å². The van der Waals surface area contributed by atoms with Crippen LogP contribution in [0.4, 0.5) is 0 Å². The Morgan fingerprint density at radius 3 is 2.56 bits per heavy atom. The molecule has 0 radical (unpaired) electrons. The lowest BCUT2D eigenvalue weighted by atomic mass is 10.1. The molecule has 0 aliphatic carbocycles. The first-order chi connectivity index (χ1) is 8.51. The van der Waals surface area contributed by atoms with Crippen molar-refractivity contribution in [3.8, 4) is 0 Å². The summed E-state index contributed by atoms with van der Waals surface area (Å²) in [5.41, 5.74) is 0. The van der Waals surface area contributed by atoms with E-state index in [1.54, 1.807) is 6.92 Å². The summed E-state index contributed by atoms with van der Waals surface area (Å²) in [6.45, 7) is 5.58. The molecule has 0 fully saturated rings. The van der Waals surface area contributed by atoms with E-state index in [1.165, 1.54) is 6.08 Å². The van der Waals surface area contributed by atoms with Crippen molar-refractivity contribution in [2.45, 2.75) is 44.9 Å². The molecule has 0 saturated carbocycles. The molecule has 0 spiro atoms. The molecule has 2 unspecified atom stereocenters. The number of aliphatic hydroxyl groups excluding tert-OH is 1. The van der Waals surface area contributed by atoms with Crippen molar-refractivity contribution in [3.63, 3.8) is 0 Å². The Morgan fingerprint density at radius 1 is 1.39 bits per heavy atom. The van der Waals surface area contributed by atoms with Crippen LogP contribution in [0.3, 0.4) is 0 Å². The van der Waals surface area contributed by atoms with E-state index in [4.69, 9.17) is 5.11 Å². The Bertz CT molecular complexity index is 281. The first-order valence-electron chi connectivity index (χ1n) is 6.08. The van der Waals surface area contributed by atoms with Crippen LogP contribution in [0.2, 0.25) is 0 Å². The average molecular weight is 258 g/mol. The third-order valence-corrected chi connectivity index (χ3v) is 2.48. The van der Waals surface area contributed by atoms with Crippen molar-refractivity contribution >= 4 is 11.9 Å². The van der Waals surface area contributed by atoms with Crippen LogP contribution < -0.4 is 10.6 Å². The number of carboxylic acid groups (broad SMARTS) is 1. The molecule has 0 aliphatic heterocycles. The van der Waals surface area contributed by atoms with Gasteiger partial charge in [0.05, 0.1) is 0 Å². The second kappa shape index (κ2) is 9.61. The van der Waals surface area contributed by atoms with E-state index in [-0.39, 0.29) is 5.91 Å². The zero-order valence-corrected chi connectivity index (χ0v) is 10.7. The summed E-state index contributed by atoms with van der Waals surface area (Å²) in [5.74, 6) is -1.21. The molecule has 0 aromatic rings. The van der Waals surface area contributed by atoms with Crippen molar-refractivity contribution < 1.29 is 19.8 Å². The van der Waals surface area contributed by atoms with Gasteiger partial charge in [-0.25, -0.2) is 0 Å². The summed E-state index contributed by atoms with van der Waals surface area (Å²) in [6.07, 6.45) is 2.60. The van der Waals surface area contributed by atoms with Gasteiger partial charge in [-0.2, -0.15) is 0 Å². The van der Waals surface area contributed by atoms with Crippen molar-refractivity contribution in [2.75, 3.05) is 6.54 Å². The molecular formula is C12H22N2O4. The van der Waals surface area contributed by atoms with Crippen LogP contribution in [0, 0.1) is 0 Å². The maximum Gasteiger partial charge on any atom is 0.320 e. The van der Waals surface area contributed by atoms with Gasteiger partial charge in [-0.3, -0.25) is 14.9 Å². The number of carbonyl (C=O) groups excluding carboxylic acids is 1. The summed E-state index contributed by atoms with van der Waals surface area (Å²) in [6, 6.07) is -0.755. The number of aliphatic carboxylic acids is 1. The number of carboxylic acids is 1. The molecule has 0 heterocycles. The topological polar surface area (TPSA) is 98.7 Å². The Balaban J connectivity index is 3.80. The lowest BCUT2D eigenvalue weighted by molar-refractivity contribution is -0.140. The minimum Gasteiger partial charge on any atom is -0.480 e. The summed E-state index contributed by atoms with van der Waals surface area (Å²) in [7, 11) is 0. The van der Waals surface area contributed by atoms with Crippen LogP contribution >= 0.6 is 0 Å². The Hall–Kier alpha value is -1.40. The quantitative estimate of drug-likeness (QED) is 0.255. The van der Waals surface area contributed by atoms with E-state index >= 15 is 0 Å². The normalized spacial score (nSPS) is 13.7. The summed E-state index contributed by atoms with van der Waals surface area (Å²) in [5, 5.41) is 23.5. The number of aliphatic hydroxyl groups is 1. The van der Waals surface area contributed by atoms with E-state index in [2.05, 4.69) is 17.2 Å². The van der Waals surface area contributed by atoms with Crippen LogP contribution in [0.5, 0.6) is 0 Å². The average Bonchev–Trinajstić information content (AvgIpc) is 2.35. The number of carbonyl (C=O) groups is 2. The number of unbranched alkanes of at least 4 members (excludes halogenated alkanes) is 1. The van der Waals surface area contributed by atoms with Gasteiger partial charge in [0.25, 0.3) is 0 Å². The van der Waals surface area contributed by atoms with Gasteiger partial charge in [0.1, 0.15) is 12.3 Å². The highest BCUT2D eigenvalue weighted by Gasteiger charge is 2.18. The van der Waals surface area contributed by atoms with Crippen molar-refractivity contribution in [1.29, 1.82) is 0 Å².